The van der Waals surface area contributed by atoms with Gasteiger partial charge in [0, 0.05) is 5.75 Å². The van der Waals surface area contributed by atoms with Gasteiger partial charge >= 0.3 is 0 Å². The predicted molar refractivity (Wildman–Crippen MR) is 141 cm³/mol. The molecule has 3 rings (SSSR count). The first-order valence-corrected chi connectivity index (χ1v) is 22.9. The molecule has 0 aliphatic carbocycles. The van der Waals surface area contributed by atoms with E-state index in [1.807, 2.05) is 10.9 Å². The topological polar surface area (TPSA) is 83.3 Å². The fourth-order valence-electron chi connectivity index (χ4n) is 3.80. The molecular weight excluding hydrogens is 475 g/mol. The van der Waals surface area contributed by atoms with Gasteiger partial charge in [-0.05, 0) is 45.5 Å². The summed E-state index contributed by atoms with van der Waals surface area (Å²) in [5.74, 6) is 1.63. The van der Waals surface area contributed by atoms with E-state index in [1.54, 1.807) is 18.1 Å². The Morgan fingerprint density at radius 1 is 0.969 bits per heavy atom. The van der Waals surface area contributed by atoms with Crippen LogP contribution in [0.25, 0.3) is 11.2 Å². The lowest BCUT2D eigenvalue weighted by molar-refractivity contribution is -0.0233. The normalized spacial score (nSPS) is 24.9. The smallest absolute Gasteiger partial charge is 0.184 e. The van der Waals surface area contributed by atoms with Crippen LogP contribution in [0.5, 0.6) is 0 Å². The molecule has 0 aromatic carbocycles. The zero-order chi connectivity index (χ0) is 23.9. The summed E-state index contributed by atoms with van der Waals surface area (Å²) in [5, 5.41) is 0. The average molecular weight is 514 g/mol. The maximum atomic E-state index is 6.73. The van der Waals surface area contributed by atoms with Gasteiger partial charge in [-0.2, -0.15) is 11.8 Å². The van der Waals surface area contributed by atoms with Crippen LogP contribution in [-0.4, -0.2) is 74.7 Å². The second-order valence-corrected chi connectivity index (χ2v) is 25.9. The van der Waals surface area contributed by atoms with Crippen molar-refractivity contribution < 1.29 is 13.6 Å². The third kappa shape index (κ3) is 6.42. The van der Waals surface area contributed by atoms with Crippen LogP contribution in [0.1, 0.15) is 6.23 Å². The second kappa shape index (κ2) is 9.47. The minimum absolute atomic E-state index is 0.0538. The van der Waals surface area contributed by atoms with Crippen LogP contribution < -0.4 is 4.98 Å². The fourth-order valence-corrected chi connectivity index (χ4v) is 7.46. The first-order chi connectivity index (χ1) is 14.7. The van der Waals surface area contributed by atoms with Gasteiger partial charge in [0.05, 0.1) is 12.4 Å². The summed E-state index contributed by atoms with van der Waals surface area (Å²) in [5.41, 5.74) is 1.52. The van der Waals surface area contributed by atoms with Gasteiger partial charge in [0.25, 0.3) is 0 Å². The lowest BCUT2D eigenvalue weighted by atomic mass is 10.1. The molecule has 1 fully saturated rings. The summed E-state index contributed by atoms with van der Waals surface area (Å²) in [4.78, 5) is 17.3. The largest absolute Gasteiger partial charge is 0.409 e. The van der Waals surface area contributed by atoms with Crippen LogP contribution >= 0.6 is 11.8 Å². The molecule has 0 spiro atoms. The standard InChI is InChI=1S/C20H39N5O3SSi3/c1-29-11-14-16(27-31(5,6)7)17(28-32(8,9)10)20(26-14)25-13-23-15-18(24-30(2,3)4)21-12-22-19(15)25/h12-14,16-17,20H,11H2,1-10H3,(H,21,22,24). The Morgan fingerprint density at radius 2 is 1.59 bits per heavy atom. The Bertz CT molecular complexity index is 926. The van der Waals surface area contributed by atoms with Crippen molar-refractivity contribution in [1.82, 2.24) is 19.5 Å². The highest BCUT2D eigenvalue weighted by molar-refractivity contribution is 7.98. The summed E-state index contributed by atoms with van der Waals surface area (Å²) in [6.07, 6.45) is 4.78. The lowest BCUT2D eigenvalue weighted by Crippen LogP contribution is -2.47. The van der Waals surface area contributed by atoms with Crippen molar-refractivity contribution in [1.29, 1.82) is 0 Å². The molecule has 1 aliphatic rings. The van der Waals surface area contributed by atoms with E-state index in [4.69, 9.17) is 13.6 Å². The third-order valence-electron chi connectivity index (χ3n) is 4.72. The van der Waals surface area contributed by atoms with Crippen molar-refractivity contribution in [2.75, 3.05) is 17.0 Å². The van der Waals surface area contributed by atoms with Gasteiger partial charge in [-0.1, -0.05) is 19.6 Å². The molecule has 12 heteroatoms. The molecule has 0 amide bonds. The highest BCUT2D eigenvalue weighted by atomic mass is 32.2. The van der Waals surface area contributed by atoms with Gasteiger partial charge in [0.2, 0.25) is 0 Å². The Labute approximate surface area is 199 Å². The molecule has 2 aromatic rings. The van der Waals surface area contributed by atoms with E-state index in [9.17, 15) is 0 Å². The molecular formula is C20H39N5O3SSi3. The number of nitrogens with one attached hydrogen (secondary N) is 1. The Balaban J connectivity index is 2.05. The first-order valence-electron chi connectivity index (χ1n) is 11.1. The number of nitrogens with zero attached hydrogens (tertiary/aromatic N) is 4. The van der Waals surface area contributed by atoms with Crippen molar-refractivity contribution in [2.24, 2.45) is 0 Å². The van der Waals surface area contributed by atoms with Crippen LogP contribution in [0, 0.1) is 0 Å². The maximum absolute atomic E-state index is 6.73. The molecule has 0 saturated carbocycles. The van der Waals surface area contributed by atoms with Crippen molar-refractivity contribution in [3.63, 3.8) is 0 Å². The van der Waals surface area contributed by atoms with Crippen molar-refractivity contribution in [2.45, 2.75) is 83.5 Å². The lowest BCUT2D eigenvalue weighted by Gasteiger charge is -2.34. The molecule has 0 radical (unpaired) electrons. The van der Waals surface area contributed by atoms with Crippen molar-refractivity contribution in [3.05, 3.63) is 12.7 Å². The molecule has 3 heterocycles. The SMILES string of the molecule is CSCC1OC(n2cnc3c(N[Si](C)(C)C)ncnc32)C(O[Si](C)(C)C)C1O[Si](C)(C)C. The fraction of sp³-hybridized carbons (Fsp3) is 0.750. The number of rotatable bonds is 9. The van der Waals surface area contributed by atoms with E-state index in [-0.39, 0.29) is 24.5 Å². The van der Waals surface area contributed by atoms with Crippen molar-refractivity contribution in [3.8, 4) is 0 Å². The molecule has 4 atom stereocenters. The number of thioether (sulfide) groups is 1. The summed E-state index contributed by atoms with van der Waals surface area (Å²) in [7, 11) is -5.31. The van der Waals surface area contributed by atoms with E-state index in [0.717, 1.165) is 22.7 Å². The van der Waals surface area contributed by atoms with Crippen LogP contribution in [0.2, 0.25) is 58.9 Å². The number of aromatic nitrogens is 4. The Kier molecular flexibility index (Phi) is 7.65. The number of imidazole rings is 1. The van der Waals surface area contributed by atoms with E-state index < -0.39 is 24.9 Å². The molecule has 2 aromatic heterocycles. The number of fused-ring (bicyclic) bond motifs is 1. The monoisotopic (exact) mass is 513 g/mol. The highest BCUT2D eigenvalue weighted by Gasteiger charge is 2.50. The van der Waals surface area contributed by atoms with Crippen LogP contribution in [0.4, 0.5) is 5.82 Å². The van der Waals surface area contributed by atoms with Crippen LogP contribution in [0.15, 0.2) is 12.7 Å². The molecule has 1 N–H and O–H groups in total. The second-order valence-electron chi connectivity index (χ2n) is 11.3. The summed E-state index contributed by atoms with van der Waals surface area (Å²) >= 11 is 1.77. The zero-order valence-electron chi connectivity index (χ0n) is 21.1. The van der Waals surface area contributed by atoms with E-state index in [2.05, 4.69) is 85.1 Å². The molecule has 4 unspecified atom stereocenters. The van der Waals surface area contributed by atoms with Crippen LogP contribution in [0.3, 0.4) is 0 Å². The van der Waals surface area contributed by atoms with Gasteiger partial charge in [0.1, 0.15) is 38.1 Å². The number of ether oxygens (including phenoxy) is 1. The number of hydrogen-bond donors (Lipinski definition) is 1. The molecule has 32 heavy (non-hydrogen) atoms. The van der Waals surface area contributed by atoms with E-state index in [1.165, 1.54) is 0 Å². The average Bonchev–Trinajstić information content (AvgIpc) is 3.15. The van der Waals surface area contributed by atoms with E-state index in [0.29, 0.717) is 0 Å². The molecule has 8 nitrogen and oxygen atoms in total. The van der Waals surface area contributed by atoms with Gasteiger partial charge in [0.15, 0.2) is 28.5 Å². The number of hydrogen-bond acceptors (Lipinski definition) is 8. The molecule has 0 bridgehead atoms. The third-order valence-corrected chi connectivity index (χ3v) is 8.33. The minimum Gasteiger partial charge on any atom is -0.409 e. The quantitative estimate of drug-likeness (QED) is 0.480. The van der Waals surface area contributed by atoms with E-state index >= 15 is 0 Å². The Hall–Kier alpha value is -0.769. The van der Waals surface area contributed by atoms with Crippen molar-refractivity contribution >= 4 is 53.6 Å². The zero-order valence-corrected chi connectivity index (χ0v) is 24.9. The maximum Gasteiger partial charge on any atom is 0.184 e. The highest BCUT2D eigenvalue weighted by Crippen LogP contribution is 2.39. The molecule has 180 valence electrons. The first kappa shape index (κ1) is 25.8. The van der Waals surface area contributed by atoms with Gasteiger partial charge in [-0.3, -0.25) is 4.57 Å². The predicted octanol–water partition coefficient (Wildman–Crippen LogP) is 4.77. The minimum atomic E-state index is -1.88. The Morgan fingerprint density at radius 3 is 2.16 bits per heavy atom. The van der Waals surface area contributed by atoms with Gasteiger partial charge in [-0.25, -0.2) is 15.0 Å². The summed E-state index contributed by atoms with van der Waals surface area (Å²) < 4.78 is 22.1. The van der Waals surface area contributed by atoms with Crippen LogP contribution in [-0.2, 0) is 13.6 Å². The number of anilines is 1. The van der Waals surface area contributed by atoms with Gasteiger partial charge < -0.3 is 18.6 Å². The molecule has 1 aliphatic heterocycles. The molecule has 1 saturated heterocycles. The summed E-state index contributed by atoms with van der Waals surface area (Å²) in [6.45, 7) is 20.0. The van der Waals surface area contributed by atoms with Gasteiger partial charge in [-0.15, -0.1) is 0 Å². The summed E-state index contributed by atoms with van der Waals surface area (Å²) in [6, 6.07) is 0.